The van der Waals surface area contributed by atoms with Gasteiger partial charge in [-0.05, 0) is 41.9 Å². The van der Waals surface area contributed by atoms with Crippen molar-refractivity contribution in [3.63, 3.8) is 0 Å². The first-order chi connectivity index (χ1) is 15.6. The molecule has 2 amide bonds. The van der Waals surface area contributed by atoms with Crippen molar-refractivity contribution in [2.24, 2.45) is 11.8 Å². The lowest BCUT2D eigenvalue weighted by molar-refractivity contribution is -0.135. The molecule has 33 heavy (non-hydrogen) atoms. The van der Waals surface area contributed by atoms with Crippen LogP contribution in [0.3, 0.4) is 0 Å². The van der Waals surface area contributed by atoms with E-state index in [0.717, 1.165) is 11.1 Å². The molecule has 0 spiro atoms. The van der Waals surface area contributed by atoms with Gasteiger partial charge in [-0.1, -0.05) is 77.1 Å². The first-order valence-electron chi connectivity index (χ1n) is 11.9. The normalized spacial score (nSPS) is 15.9. The summed E-state index contributed by atoms with van der Waals surface area (Å²) in [5, 5.41) is 2.95. The molecule has 0 unspecified atom stereocenters. The molecule has 5 nitrogen and oxygen atoms in total. The molecular weight excluding hydrogens is 412 g/mol. The summed E-state index contributed by atoms with van der Waals surface area (Å²) < 4.78 is 0. The first-order valence-corrected chi connectivity index (χ1v) is 11.9. The van der Waals surface area contributed by atoms with Crippen molar-refractivity contribution in [2.75, 3.05) is 13.1 Å². The second-order valence-electron chi connectivity index (χ2n) is 10.4. The molecule has 1 aliphatic heterocycles. The SMILES string of the molecule is CC(C)[C@H](NC(=O)c1ccc(C(C)(C)C)cc1)C(=O)N1CCC(C(=O)c2ccccc2)CC1. The van der Waals surface area contributed by atoms with E-state index in [4.69, 9.17) is 0 Å². The van der Waals surface area contributed by atoms with Crippen molar-refractivity contribution in [2.45, 2.75) is 58.9 Å². The Balaban J connectivity index is 1.61. The van der Waals surface area contributed by atoms with Crippen molar-refractivity contribution in [1.82, 2.24) is 10.2 Å². The molecule has 1 saturated heterocycles. The Kier molecular flexibility index (Phi) is 7.72. The van der Waals surface area contributed by atoms with Crippen molar-refractivity contribution in [3.05, 3.63) is 71.3 Å². The van der Waals surface area contributed by atoms with E-state index in [9.17, 15) is 14.4 Å². The van der Waals surface area contributed by atoms with Gasteiger partial charge in [0.05, 0.1) is 0 Å². The number of hydrogen-bond donors (Lipinski definition) is 1. The van der Waals surface area contributed by atoms with Gasteiger partial charge >= 0.3 is 0 Å². The Morgan fingerprint density at radius 2 is 1.45 bits per heavy atom. The number of nitrogens with zero attached hydrogens (tertiary/aromatic N) is 1. The van der Waals surface area contributed by atoms with Gasteiger partial charge in [0, 0.05) is 30.1 Å². The molecule has 1 fully saturated rings. The maximum Gasteiger partial charge on any atom is 0.251 e. The van der Waals surface area contributed by atoms with Gasteiger partial charge in [0.2, 0.25) is 5.91 Å². The molecule has 1 N–H and O–H groups in total. The zero-order chi connectivity index (χ0) is 24.2. The Morgan fingerprint density at radius 1 is 0.879 bits per heavy atom. The number of likely N-dealkylation sites (tertiary alicyclic amines) is 1. The fraction of sp³-hybridized carbons (Fsp3) is 0.464. The van der Waals surface area contributed by atoms with Gasteiger partial charge in [0.25, 0.3) is 5.91 Å². The van der Waals surface area contributed by atoms with Crippen LogP contribution in [0, 0.1) is 11.8 Å². The zero-order valence-electron chi connectivity index (χ0n) is 20.4. The number of rotatable bonds is 6. The van der Waals surface area contributed by atoms with Crippen molar-refractivity contribution in [3.8, 4) is 0 Å². The molecule has 176 valence electrons. The Hall–Kier alpha value is -2.95. The average Bonchev–Trinajstić information content (AvgIpc) is 2.81. The van der Waals surface area contributed by atoms with Gasteiger partial charge in [-0.3, -0.25) is 14.4 Å². The van der Waals surface area contributed by atoms with Crippen molar-refractivity contribution < 1.29 is 14.4 Å². The van der Waals surface area contributed by atoms with E-state index in [1.165, 1.54) is 0 Å². The molecule has 1 atom stereocenters. The molecular formula is C28H36N2O3. The van der Waals surface area contributed by atoms with Gasteiger partial charge in [-0.25, -0.2) is 0 Å². The van der Waals surface area contributed by atoms with E-state index in [0.29, 0.717) is 31.5 Å². The lowest BCUT2D eigenvalue weighted by Crippen LogP contribution is -2.53. The number of benzene rings is 2. The Bertz CT molecular complexity index is 966. The summed E-state index contributed by atoms with van der Waals surface area (Å²) in [5.41, 5.74) is 2.45. The molecule has 0 saturated carbocycles. The Morgan fingerprint density at radius 3 is 1.97 bits per heavy atom. The van der Waals surface area contributed by atoms with Crippen LogP contribution in [0.5, 0.6) is 0 Å². The maximum absolute atomic E-state index is 13.3. The number of piperidine rings is 1. The number of carbonyl (C=O) groups excluding carboxylic acids is 3. The molecule has 0 radical (unpaired) electrons. The second-order valence-corrected chi connectivity index (χ2v) is 10.4. The molecule has 1 heterocycles. The van der Waals surface area contributed by atoms with Crippen LogP contribution in [0.2, 0.25) is 0 Å². The van der Waals surface area contributed by atoms with Crippen LogP contribution >= 0.6 is 0 Å². The summed E-state index contributed by atoms with van der Waals surface area (Å²) in [7, 11) is 0. The average molecular weight is 449 g/mol. The highest BCUT2D eigenvalue weighted by atomic mass is 16.2. The number of nitrogens with one attached hydrogen (secondary N) is 1. The summed E-state index contributed by atoms with van der Waals surface area (Å²) in [6, 6.07) is 16.3. The smallest absolute Gasteiger partial charge is 0.251 e. The van der Waals surface area contributed by atoms with E-state index in [1.807, 2.05) is 68.4 Å². The van der Waals surface area contributed by atoms with E-state index >= 15 is 0 Å². The molecule has 2 aromatic carbocycles. The molecule has 5 heteroatoms. The van der Waals surface area contributed by atoms with Crippen LogP contribution in [-0.4, -0.2) is 41.6 Å². The topological polar surface area (TPSA) is 66.5 Å². The number of Topliss-reactive ketones (excluding diaryl/α,β-unsaturated/α-hetero) is 1. The minimum Gasteiger partial charge on any atom is -0.341 e. The molecule has 1 aliphatic rings. The quantitative estimate of drug-likeness (QED) is 0.642. The standard InChI is InChI=1S/C28H36N2O3/c1-19(2)24(29-26(32)22-11-13-23(14-12-22)28(3,4)5)27(33)30-17-15-21(16-18-30)25(31)20-9-7-6-8-10-20/h6-14,19,21,24H,15-18H2,1-5H3,(H,29,32)/t24-/m0/s1. The summed E-state index contributed by atoms with van der Waals surface area (Å²) >= 11 is 0. The lowest BCUT2D eigenvalue weighted by atomic mass is 9.86. The van der Waals surface area contributed by atoms with Gasteiger partial charge in [0.15, 0.2) is 5.78 Å². The lowest BCUT2D eigenvalue weighted by Gasteiger charge is -2.35. The minimum atomic E-state index is -0.596. The third-order valence-electron chi connectivity index (χ3n) is 6.47. The highest BCUT2D eigenvalue weighted by Gasteiger charge is 2.33. The van der Waals surface area contributed by atoms with Gasteiger partial charge in [-0.15, -0.1) is 0 Å². The van der Waals surface area contributed by atoms with Gasteiger partial charge in [-0.2, -0.15) is 0 Å². The molecule has 0 bridgehead atoms. The minimum absolute atomic E-state index is 0.0133. The van der Waals surface area contributed by atoms with Crippen LogP contribution in [0.15, 0.2) is 54.6 Å². The number of ketones is 1. The predicted molar refractivity (Wildman–Crippen MR) is 131 cm³/mol. The third-order valence-corrected chi connectivity index (χ3v) is 6.47. The molecule has 2 aromatic rings. The fourth-order valence-corrected chi connectivity index (χ4v) is 4.26. The van der Waals surface area contributed by atoms with Crippen molar-refractivity contribution in [1.29, 1.82) is 0 Å². The highest BCUT2D eigenvalue weighted by Crippen LogP contribution is 2.24. The summed E-state index contributed by atoms with van der Waals surface area (Å²) in [6.07, 6.45) is 1.29. The predicted octanol–water partition coefficient (Wildman–Crippen LogP) is 4.86. The summed E-state index contributed by atoms with van der Waals surface area (Å²) in [4.78, 5) is 40.7. The second kappa shape index (κ2) is 10.3. The molecule has 3 rings (SSSR count). The zero-order valence-corrected chi connectivity index (χ0v) is 20.4. The summed E-state index contributed by atoms with van der Waals surface area (Å²) in [6.45, 7) is 11.3. The fourth-order valence-electron chi connectivity index (χ4n) is 4.26. The number of carbonyl (C=O) groups is 3. The first kappa shape index (κ1) is 24.7. The monoisotopic (exact) mass is 448 g/mol. The number of hydrogen-bond acceptors (Lipinski definition) is 3. The Labute approximate surface area is 197 Å². The molecule has 0 aromatic heterocycles. The van der Waals surface area contributed by atoms with Crippen LogP contribution in [0.1, 0.15) is 73.7 Å². The highest BCUT2D eigenvalue weighted by molar-refractivity contribution is 5.99. The van der Waals surface area contributed by atoms with E-state index in [-0.39, 0.29) is 34.8 Å². The number of amides is 2. The van der Waals surface area contributed by atoms with Gasteiger partial charge < -0.3 is 10.2 Å². The third kappa shape index (κ3) is 6.10. The largest absolute Gasteiger partial charge is 0.341 e. The maximum atomic E-state index is 13.3. The van der Waals surface area contributed by atoms with Crippen LogP contribution < -0.4 is 5.32 Å². The van der Waals surface area contributed by atoms with Crippen molar-refractivity contribution >= 4 is 17.6 Å². The van der Waals surface area contributed by atoms with Gasteiger partial charge in [0.1, 0.15) is 6.04 Å². The van der Waals surface area contributed by atoms with E-state index in [2.05, 4.69) is 26.1 Å². The van der Waals surface area contributed by atoms with Crippen LogP contribution in [0.25, 0.3) is 0 Å². The van der Waals surface area contributed by atoms with E-state index < -0.39 is 6.04 Å². The molecule has 0 aliphatic carbocycles. The summed E-state index contributed by atoms with van der Waals surface area (Å²) in [5.74, 6) is -0.272. The van der Waals surface area contributed by atoms with Crippen LogP contribution in [-0.2, 0) is 10.2 Å². The van der Waals surface area contributed by atoms with Crippen LogP contribution in [0.4, 0.5) is 0 Å². The van der Waals surface area contributed by atoms with E-state index in [1.54, 1.807) is 4.90 Å².